The number of aliphatic hydroxyl groups excluding tert-OH is 2. The molecule has 0 amide bonds. The van der Waals surface area contributed by atoms with E-state index in [9.17, 15) is 39.9 Å². The topological polar surface area (TPSA) is 193 Å². The number of phenols is 2. The van der Waals surface area contributed by atoms with Gasteiger partial charge >= 0.3 is 0 Å². The van der Waals surface area contributed by atoms with Crippen LogP contribution in [0.4, 0.5) is 0 Å². The molecule has 2 aromatic carbocycles. The largest absolute Gasteiger partial charge is 0.507 e. The highest BCUT2D eigenvalue weighted by Gasteiger charge is 2.50. The van der Waals surface area contributed by atoms with Crippen LogP contribution in [0.3, 0.4) is 0 Å². The summed E-state index contributed by atoms with van der Waals surface area (Å²) in [7, 11) is 2.89. The molecule has 7 atom stereocenters. The van der Waals surface area contributed by atoms with Crippen LogP contribution in [0.5, 0.6) is 17.2 Å². The van der Waals surface area contributed by atoms with Crippen LogP contribution in [0, 0.1) is 5.92 Å². The van der Waals surface area contributed by atoms with Crippen molar-refractivity contribution in [3.63, 3.8) is 0 Å². The van der Waals surface area contributed by atoms with Crippen molar-refractivity contribution in [2.75, 3.05) is 40.5 Å². The summed E-state index contributed by atoms with van der Waals surface area (Å²) in [6.07, 6.45) is -3.11. The van der Waals surface area contributed by atoms with Crippen molar-refractivity contribution < 1.29 is 58.9 Å². The van der Waals surface area contributed by atoms with E-state index >= 15 is 0 Å². The van der Waals surface area contributed by atoms with Gasteiger partial charge in [0.2, 0.25) is 5.78 Å². The molecule has 2 aromatic rings. The highest BCUT2D eigenvalue weighted by Crippen LogP contribution is 2.53. The maximum absolute atomic E-state index is 13.9. The van der Waals surface area contributed by atoms with Gasteiger partial charge in [0.25, 0.3) is 0 Å². The number of hydrogen-bond acceptors (Lipinski definition) is 13. The Morgan fingerprint density at radius 3 is 2.52 bits per heavy atom. The Bertz CT molecular complexity index is 1570. The molecule has 1 heterocycles. The third-order valence-electron chi connectivity index (χ3n) is 10.0. The summed E-state index contributed by atoms with van der Waals surface area (Å²) >= 11 is 0. The first-order chi connectivity index (χ1) is 21.9. The lowest BCUT2D eigenvalue weighted by Gasteiger charge is -2.47. The molecule has 1 aliphatic heterocycles. The number of morpholine rings is 1. The van der Waals surface area contributed by atoms with Gasteiger partial charge in [-0.05, 0) is 24.8 Å². The summed E-state index contributed by atoms with van der Waals surface area (Å²) in [6.45, 7) is 2.28. The fourth-order valence-electron chi connectivity index (χ4n) is 7.62. The van der Waals surface area contributed by atoms with Crippen LogP contribution in [0.2, 0.25) is 0 Å². The van der Waals surface area contributed by atoms with Gasteiger partial charge in [0.1, 0.15) is 29.5 Å². The molecule has 13 heteroatoms. The minimum absolute atomic E-state index is 0.0210. The van der Waals surface area contributed by atoms with Crippen molar-refractivity contribution in [2.45, 2.75) is 68.9 Å². The number of aromatic hydroxyl groups is 2. The lowest BCUT2D eigenvalue weighted by atomic mass is 9.71. The number of Topliss-reactive ketones (excluding diaryl/α,β-unsaturated/α-hetero) is 1. The van der Waals surface area contributed by atoms with Crippen LogP contribution >= 0.6 is 0 Å². The predicted octanol–water partition coefficient (Wildman–Crippen LogP) is 1.01. The zero-order valence-corrected chi connectivity index (χ0v) is 25.9. The number of ether oxygens (including phenoxy) is 4. The van der Waals surface area contributed by atoms with Gasteiger partial charge in [-0.2, -0.15) is 0 Å². The highest BCUT2D eigenvalue weighted by molar-refractivity contribution is 6.31. The molecule has 0 radical (unpaired) electrons. The summed E-state index contributed by atoms with van der Waals surface area (Å²) in [6, 6.07) is 4.10. The number of benzene rings is 2. The smallest absolute Gasteiger partial charge is 0.202 e. The zero-order chi connectivity index (χ0) is 33.1. The Kier molecular flexibility index (Phi) is 8.70. The number of nitrogens with zero attached hydrogens (tertiary/aromatic N) is 1. The third kappa shape index (κ3) is 5.20. The summed E-state index contributed by atoms with van der Waals surface area (Å²) < 4.78 is 22.9. The lowest BCUT2D eigenvalue weighted by molar-refractivity contribution is -0.189. The van der Waals surface area contributed by atoms with Gasteiger partial charge < -0.3 is 44.5 Å². The van der Waals surface area contributed by atoms with Gasteiger partial charge in [0, 0.05) is 55.8 Å². The van der Waals surface area contributed by atoms with Gasteiger partial charge in [0.15, 0.2) is 17.9 Å². The summed E-state index contributed by atoms with van der Waals surface area (Å²) in [5.74, 6) is -3.76. The average molecular weight is 642 g/mol. The number of ketones is 3. The molecule has 0 spiro atoms. The maximum Gasteiger partial charge on any atom is 0.202 e. The average Bonchev–Trinajstić information content (AvgIpc) is 3.05. The number of methoxy groups -OCH3 is 2. The second-order valence-corrected chi connectivity index (χ2v) is 12.7. The molecule has 248 valence electrons. The number of carbonyl (C=O) groups is 3. The maximum atomic E-state index is 13.9. The van der Waals surface area contributed by atoms with Crippen molar-refractivity contribution >= 4 is 17.3 Å². The van der Waals surface area contributed by atoms with Crippen LogP contribution in [-0.4, -0.2) is 118 Å². The first-order valence-electron chi connectivity index (χ1n) is 15.4. The third-order valence-corrected chi connectivity index (χ3v) is 10.0. The molecule has 5 N–H and O–H groups in total. The van der Waals surface area contributed by atoms with E-state index in [1.54, 1.807) is 7.11 Å². The van der Waals surface area contributed by atoms with Crippen LogP contribution < -0.4 is 4.74 Å². The fourth-order valence-corrected chi connectivity index (χ4v) is 7.62. The van der Waals surface area contributed by atoms with Crippen LogP contribution in [0.1, 0.15) is 75.3 Å². The molecule has 1 saturated carbocycles. The normalized spacial score (nSPS) is 31.2. The van der Waals surface area contributed by atoms with E-state index in [-0.39, 0.29) is 40.0 Å². The Labute approximate surface area is 265 Å². The molecule has 6 rings (SSSR count). The highest BCUT2D eigenvalue weighted by atomic mass is 16.7. The molecule has 2 fully saturated rings. The molecule has 1 saturated heterocycles. The van der Waals surface area contributed by atoms with Gasteiger partial charge in [0.05, 0.1) is 48.7 Å². The lowest BCUT2D eigenvalue weighted by Crippen LogP contribution is -2.57. The van der Waals surface area contributed by atoms with Crippen molar-refractivity contribution in [1.82, 2.24) is 4.90 Å². The van der Waals surface area contributed by atoms with Gasteiger partial charge in [-0.25, -0.2) is 0 Å². The minimum atomic E-state index is -2.21. The summed E-state index contributed by atoms with van der Waals surface area (Å²) in [5, 5.41) is 55.7. The number of carbonyl (C=O) groups excluding carboxylic acids is 3. The number of aliphatic hydroxyl groups is 3. The van der Waals surface area contributed by atoms with E-state index in [1.807, 2.05) is 6.92 Å². The fraction of sp³-hybridized carbons (Fsp3) is 0.545. The Balaban J connectivity index is 1.43. The van der Waals surface area contributed by atoms with Crippen LogP contribution in [0.15, 0.2) is 18.2 Å². The molecular formula is C33H39NO12. The quantitative estimate of drug-likeness (QED) is 0.230. The van der Waals surface area contributed by atoms with E-state index in [0.29, 0.717) is 32.5 Å². The Hall–Kier alpha value is -3.43. The molecule has 13 nitrogen and oxygen atoms in total. The molecule has 4 aliphatic rings. The van der Waals surface area contributed by atoms with E-state index in [4.69, 9.17) is 18.9 Å². The number of rotatable bonds is 7. The number of hydrogen-bond donors (Lipinski definition) is 5. The number of phenolic OH excluding ortho intramolecular Hbond substituents is 2. The Morgan fingerprint density at radius 2 is 1.83 bits per heavy atom. The molecule has 0 bridgehead atoms. The minimum Gasteiger partial charge on any atom is -0.507 e. The van der Waals surface area contributed by atoms with Gasteiger partial charge in [-0.15, -0.1) is 0 Å². The van der Waals surface area contributed by atoms with Gasteiger partial charge in [-0.1, -0.05) is 19.1 Å². The first-order valence-corrected chi connectivity index (χ1v) is 15.4. The van der Waals surface area contributed by atoms with E-state index < -0.39 is 89.6 Å². The van der Waals surface area contributed by atoms with Crippen molar-refractivity contribution in [3.05, 3.63) is 51.6 Å². The predicted molar refractivity (Wildman–Crippen MR) is 159 cm³/mol. The van der Waals surface area contributed by atoms with Crippen molar-refractivity contribution in [2.24, 2.45) is 5.92 Å². The zero-order valence-electron chi connectivity index (χ0n) is 25.9. The SMILES string of the molecule is COc1cccc2c1C(=O)c1c(O)c3c(c(O)c1C2=O)C[C@@](O)(C(=O)CO)C[C@@H]3O[C@@H]1C[C@@H](C)[C@@H](O)[C@@H](N2CCO[C@H](OC)C2)C1. The van der Waals surface area contributed by atoms with E-state index in [2.05, 4.69) is 4.90 Å². The van der Waals surface area contributed by atoms with Crippen LogP contribution in [-0.2, 0) is 25.4 Å². The van der Waals surface area contributed by atoms with Crippen molar-refractivity contribution in [1.29, 1.82) is 0 Å². The molecule has 46 heavy (non-hydrogen) atoms. The second kappa shape index (κ2) is 12.3. The second-order valence-electron chi connectivity index (χ2n) is 12.7. The van der Waals surface area contributed by atoms with Gasteiger partial charge in [-0.3, -0.25) is 19.3 Å². The van der Waals surface area contributed by atoms with E-state index in [0.717, 1.165) is 0 Å². The van der Waals surface area contributed by atoms with Crippen molar-refractivity contribution in [3.8, 4) is 17.2 Å². The summed E-state index contributed by atoms with van der Waals surface area (Å²) in [5.41, 5.74) is -3.31. The molecule has 0 aromatic heterocycles. The van der Waals surface area contributed by atoms with Crippen LogP contribution in [0.25, 0.3) is 0 Å². The molecule has 0 unspecified atom stereocenters. The molecular weight excluding hydrogens is 602 g/mol. The first kappa shape index (κ1) is 32.5. The monoisotopic (exact) mass is 641 g/mol. The number of fused-ring (bicyclic) bond motifs is 3. The standard InChI is InChI=1S/C33H39NO12/c1-15-9-16(10-19(28(15)37)34-7-8-45-23(13-34)44-3)46-21-12-33(42,22(36)14-35)11-18-25(21)32(41)27-26(30(18)39)29(38)17-5-4-6-20(43-2)24(17)31(27)40/h4-6,15-16,19,21,23,28,35,37,39,41-42H,7-14H2,1-3H3/t15-,16-,19+,21+,23+,28-,33+/m1/s1. The molecule has 3 aliphatic carbocycles. The summed E-state index contributed by atoms with van der Waals surface area (Å²) in [4.78, 5) is 42.5. The van der Waals surface area contributed by atoms with E-state index in [1.165, 1.54) is 25.3 Å². The Morgan fingerprint density at radius 1 is 1.09 bits per heavy atom.